The van der Waals surface area contributed by atoms with Crippen molar-refractivity contribution >= 4 is 17.4 Å². The quantitative estimate of drug-likeness (QED) is 0.684. The normalized spacial score (nSPS) is 20.3. The summed E-state index contributed by atoms with van der Waals surface area (Å²) in [6.45, 7) is 5.13. The average Bonchev–Trinajstić information content (AvgIpc) is 3.09. The molecule has 1 N–H and O–H groups in total. The monoisotopic (exact) mass is 343 g/mol. The van der Waals surface area contributed by atoms with Crippen LogP contribution in [-0.2, 0) is 0 Å². The molecule has 3 rings (SSSR count). The number of aromatic nitrogens is 2. The van der Waals surface area contributed by atoms with Gasteiger partial charge in [-0.2, -0.15) is 0 Å². The van der Waals surface area contributed by atoms with E-state index in [1.165, 1.54) is 6.07 Å². The van der Waals surface area contributed by atoms with E-state index in [1.54, 1.807) is 36.5 Å². The number of nitrogens with one attached hydrogen (secondary N) is 1. The molecule has 2 atom stereocenters. The van der Waals surface area contributed by atoms with Crippen LogP contribution < -0.4 is 5.32 Å². The first kappa shape index (κ1) is 16.9. The second-order valence-electron chi connectivity index (χ2n) is 6.48. The van der Waals surface area contributed by atoms with Gasteiger partial charge in [0, 0.05) is 42.8 Å². The summed E-state index contributed by atoms with van der Waals surface area (Å²) in [6, 6.07) is 4.60. The first-order chi connectivity index (χ1) is 12.0. The minimum absolute atomic E-state index is 0.0463. The van der Waals surface area contributed by atoms with Gasteiger partial charge < -0.3 is 14.8 Å². The van der Waals surface area contributed by atoms with E-state index >= 15 is 0 Å². The molecule has 2 unspecified atom stereocenters. The zero-order valence-corrected chi connectivity index (χ0v) is 14.3. The smallest absolute Gasteiger partial charge is 0.321 e. The molecule has 1 aromatic heterocycles. The minimum Gasteiger partial charge on any atom is -0.332 e. The highest BCUT2D eigenvalue weighted by Gasteiger charge is 2.30. The second-order valence-corrected chi connectivity index (χ2v) is 6.48. The van der Waals surface area contributed by atoms with Crippen molar-refractivity contribution in [1.29, 1.82) is 0 Å². The molecule has 2 amide bonds. The van der Waals surface area contributed by atoms with Gasteiger partial charge >= 0.3 is 6.03 Å². The Morgan fingerprint density at radius 2 is 2.24 bits per heavy atom. The van der Waals surface area contributed by atoms with Gasteiger partial charge in [0.25, 0.3) is 5.69 Å². The van der Waals surface area contributed by atoms with Crippen molar-refractivity contribution in [3.05, 3.63) is 52.6 Å². The average molecular weight is 343 g/mol. The van der Waals surface area contributed by atoms with Crippen molar-refractivity contribution in [2.24, 2.45) is 5.92 Å². The predicted molar refractivity (Wildman–Crippen MR) is 93.5 cm³/mol. The van der Waals surface area contributed by atoms with Gasteiger partial charge in [-0.1, -0.05) is 6.92 Å². The Labute approximate surface area is 145 Å². The van der Waals surface area contributed by atoms with Crippen molar-refractivity contribution in [3.8, 4) is 0 Å². The van der Waals surface area contributed by atoms with E-state index in [1.807, 2.05) is 10.8 Å². The maximum Gasteiger partial charge on any atom is 0.321 e. The van der Waals surface area contributed by atoms with E-state index in [4.69, 9.17) is 0 Å². The predicted octanol–water partition coefficient (Wildman–Crippen LogP) is 3.21. The van der Waals surface area contributed by atoms with Crippen molar-refractivity contribution < 1.29 is 9.72 Å². The summed E-state index contributed by atoms with van der Waals surface area (Å²) in [4.78, 5) is 28.9. The molecule has 0 radical (unpaired) electrons. The zero-order chi connectivity index (χ0) is 18.0. The number of rotatable bonds is 3. The number of hydrogen-bond acceptors (Lipinski definition) is 4. The molecule has 132 valence electrons. The van der Waals surface area contributed by atoms with Crippen molar-refractivity contribution in [2.75, 3.05) is 18.4 Å². The third-order valence-electron chi connectivity index (χ3n) is 4.76. The van der Waals surface area contributed by atoms with E-state index in [0.29, 0.717) is 30.3 Å². The summed E-state index contributed by atoms with van der Waals surface area (Å²) in [5, 5.41) is 13.7. The van der Waals surface area contributed by atoms with Gasteiger partial charge in [-0.25, -0.2) is 9.78 Å². The van der Waals surface area contributed by atoms with Crippen LogP contribution in [0.25, 0.3) is 0 Å². The topological polar surface area (TPSA) is 93.3 Å². The first-order valence-electron chi connectivity index (χ1n) is 8.24. The van der Waals surface area contributed by atoms with E-state index in [2.05, 4.69) is 17.2 Å². The third kappa shape index (κ3) is 3.62. The fraction of sp³-hybridized carbons (Fsp3) is 0.412. The summed E-state index contributed by atoms with van der Waals surface area (Å²) < 4.78 is 2.04. The molecule has 0 saturated carbocycles. The van der Waals surface area contributed by atoms with Crippen molar-refractivity contribution in [1.82, 2.24) is 14.5 Å². The van der Waals surface area contributed by atoms with Crippen LogP contribution in [0.3, 0.4) is 0 Å². The molecule has 2 heterocycles. The fourth-order valence-corrected chi connectivity index (χ4v) is 3.23. The lowest BCUT2D eigenvalue weighted by Crippen LogP contribution is -2.45. The largest absolute Gasteiger partial charge is 0.332 e. The maximum atomic E-state index is 12.6. The van der Waals surface area contributed by atoms with Crippen LogP contribution in [0.5, 0.6) is 0 Å². The number of carbonyl (C=O) groups is 1. The molecule has 1 aromatic carbocycles. The summed E-state index contributed by atoms with van der Waals surface area (Å²) in [7, 11) is 0. The van der Waals surface area contributed by atoms with E-state index in [0.717, 1.165) is 6.42 Å². The molecule has 1 aliphatic rings. The molecule has 1 fully saturated rings. The SMILES string of the molecule is Cc1cc(NC(=O)N2CCC(C)C(n3ccnc3)C2)ccc1[N+](=O)[O-]. The number of aryl methyl sites for hydroxylation is 1. The molecule has 2 aromatic rings. The van der Waals surface area contributed by atoms with Crippen LogP contribution in [0.15, 0.2) is 36.9 Å². The Balaban J connectivity index is 1.69. The number of likely N-dealkylation sites (tertiary alicyclic amines) is 1. The lowest BCUT2D eigenvalue weighted by atomic mass is 9.93. The van der Waals surface area contributed by atoms with Gasteiger partial charge in [0.15, 0.2) is 0 Å². The lowest BCUT2D eigenvalue weighted by Gasteiger charge is -2.37. The van der Waals surface area contributed by atoms with E-state index in [-0.39, 0.29) is 17.8 Å². The van der Waals surface area contributed by atoms with Gasteiger partial charge in [0.2, 0.25) is 0 Å². The summed E-state index contributed by atoms with van der Waals surface area (Å²) in [6.07, 6.45) is 6.35. The van der Waals surface area contributed by atoms with Crippen molar-refractivity contribution in [2.45, 2.75) is 26.3 Å². The number of urea groups is 1. The molecule has 0 spiro atoms. The second kappa shape index (κ2) is 6.92. The molecule has 25 heavy (non-hydrogen) atoms. The van der Waals surface area contributed by atoms with Crippen LogP contribution in [0, 0.1) is 23.0 Å². The van der Waals surface area contributed by atoms with Gasteiger partial charge in [0.05, 0.1) is 17.3 Å². The molecule has 0 bridgehead atoms. The summed E-state index contributed by atoms with van der Waals surface area (Å²) in [5.41, 5.74) is 1.13. The van der Waals surface area contributed by atoms with Crippen molar-refractivity contribution in [3.63, 3.8) is 0 Å². The highest BCUT2D eigenvalue weighted by Crippen LogP contribution is 2.28. The summed E-state index contributed by atoms with van der Waals surface area (Å²) in [5.74, 6) is 0.458. The Morgan fingerprint density at radius 1 is 1.44 bits per heavy atom. The number of anilines is 1. The molecule has 8 nitrogen and oxygen atoms in total. The Hall–Kier alpha value is -2.90. The molecule has 1 saturated heterocycles. The standard InChI is InChI=1S/C17H21N5O3/c1-12-5-7-20(10-16(12)21-8-6-18-11-21)17(23)19-14-3-4-15(22(24)25)13(2)9-14/h3-4,6,8-9,11-12,16H,5,7,10H2,1-2H3,(H,19,23). The summed E-state index contributed by atoms with van der Waals surface area (Å²) >= 11 is 0. The number of nitro groups is 1. The number of carbonyl (C=O) groups excluding carboxylic acids is 1. The van der Waals surface area contributed by atoms with Crippen LogP contribution in [0.2, 0.25) is 0 Å². The number of imidazole rings is 1. The van der Waals surface area contributed by atoms with E-state index in [9.17, 15) is 14.9 Å². The minimum atomic E-state index is -0.428. The van der Waals surface area contributed by atoms with Gasteiger partial charge in [-0.15, -0.1) is 0 Å². The number of nitrogens with zero attached hydrogens (tertiary/aromatic N) is 4. The van der Waals surface area contributed by atoms with Gasteiger partial charge in [-0.05, 0) is 31.4 Å². The van der Waals surface area contributed by atoms with Gasteiger partial charge in [0.1, 0.15) is 0 Å². The zero-order valence-electron chi connectivity index (χ0n) is 14.3. The third-order valence-corrected chi connectivity index (χ3v) is 4.76. The molecular formula is C17H21N5O3. The number of nitro benzene ring substituents is 1. The highest BCUT2D eigenvalue weighted by atomic mass is 16.6. The van der Waals surface area contributed by atoms with Gasteiger partial charge in [-0.3, -0.25) is 10.1 Å². The number of amides is 2. The molecular weight excluding hydrogens is 322 g/mol. The maximum absolute atomic E-state index is 12.6. The number of benzene rings is 1. The molecule has 8 heteroatoms. The van der Waals surface area contributed by atoms with Crippen LogP contribution in [0.1, 0.15) is 24.9 Å². The number of piperidine rings is 1. The fourth-order valence-electron chi connectivity index (χ4n) is 3.23. The Kier molecular flexibility index (Phi) is 4.69. The molecule has 1 aliphatic heterocycles. The lowest BCUT2D eigenvalue weighted by molar-refractivity contribution is -0.385. The Morgan fingerprint density at radius 3 is 2.88 bits per heavy atom. The van der Waals surface area contributed by atoms with Crippen LogP contribution >= 0.6 is 0 Å². The molecule has 0 aliphatic carbocycles. The Bertz CT molecular complexity index is 775. The number of hydrogen-bond donors (Lipinski definition) is 1. The first-order valence-corrected chi connectivity index (χ1v) is 8.24. The highest BCUT2D eigenvalue weighted by molar-refractivity contribution is 5.89. The van der Waals surface area contributed by atoms with Crippen LogP contribution in [-0.4, -0.2) is 38.5 Å². The van der Waals surface area contributed by atoms with Crippen LogP contribution in [0.4, 0.5) is 16.2 Å². The van der Waals surface area contributed by atoms with E-state index < -0.39 is 4.92 Å².